The molecule has 0 spiro atoms. The number of hydrogen-bond donors (Lipinski definition) is 1. The van der Waals surface area contributed by atoms with Crippen LogP contribution in [0.3, 0.4) is 0 Å². The highest BCUT2D eigenvalue weighted by Crippen LogP contribution is 2.42. The molecule has 5 aromatic rings. The van der Waals surface area contributed by atoms with Crippen molar-refractivity contribution in [2.24, 2.45) is 0 Å². The predicted molar refractivity (Wildman–Crippen MR) is 120 cm³/mol. The van der Waals surface area contributed by atoms with Gasteiger partial charge in [-0.3, -0.25) is 4.98 Å². The molecule has 6 heteroatoms. The fourth-order valence-corrected chi connectivity index (χ4v) is 4.32. The van der Waals surface area contributed by atoms with Crippen molar-refractivity contribution in [3.63, 3.8) is 0 Å². The summed E-state index contributed by atoms with van der Waals surface area (Å²) in [6, 6.07) is 19.4. The van der Waals surface area contributed by atoms with Crippen LogP contribution >= 0.6 is 0 Å². The summed E-state index contributed by atoms with van der Waals surface area (Å²) >= 11 is 0. The standard InChI is InChI=1S/C27H17F2NO3/c28-18-7-5-15(6-8-18)26(31)27-24(20-3-1-2-4-23(20)33-27)16-11-17-14-32-22-10-9-19(29)12-21(22)25(17)30-13-16/h1-13,26,31H,14H2/t26-/m0/s1. The molecule has 0 aliphatic carbocycles. The van der Waals surface area contributed by atoms with Crippen LogP contribution in [0.2, 0.25) is 0 Å². The van der Waals surface area contributed by atoms with E-state index in [1.807, 2.05) is 30.3 Å². The average molecular weight is 441 g/mol. The molecule has 0 fully saturated rings. The Labute approximate surface area is 187 Å². The van der Waals surface area contributed by atoms with Crippen molar-refractivity contribution in [1.82, 2.24) is 4.98 Å². The minimum absolute atomic E-state index is 0.292. The number of benzene rings is 3. The number of para-hydroxylation sites is 1. The number of aliphatic hydroxyl groups excluding tert-OH is 1. The van der Waals surface area contributed by atoms with Gasteiger partial charge in [0, 0.05) is 33.8 Å². The fourth-order valence-electron chi connectivity index (χ4n) is 4.32. The topological polar surface area (TPSA) is 55.5 Å². The molecule has 0 radical (unpaired) electrons. The minimum atomic E-state index is -1.10. The monoisotopic (exact) mass is 441 g/mol. The Morgan fingerprint density at radius 2 is 1.70 bits per heavy atom. The molecule has 0 bridgehead atoms. The third-order valence-corrected chi connectivity index (χ3v) is 5.89. The number of fused-ring (bicyclic) bond motifs is 4. The summed E-state index contributed by atoms with van der Waals surface area (Å²) in [5, 5.41) is 11.9. The van der Waals surface area contributed by atoms with E-state index in [9.17, 15) is 13.9 Å². The highest BCUT2D eigenvalue weighted by Gasteiger charge is 2.26. The lowest BCUT2D eigenvalue weighted by Gasteiger charge is -2.20. The second-order valence-corrected chi connectivity index (χ2v) is 7.95. The Bertz CT molecular complexity index is 1510. The van der Waals surface area contributed by atoms with Gasteiger partial charge in [0.15, 0.2) is 0 Å². The lowest BCUT2D eigenvalue weighted by Crippen LogP contribution is -2.08. The number of furan rings is 1. The van der Waals surface area contributed by atoms with E-state index in [4.69, 9.17) is 9.15 Å². The van der Waals surface area contributed by atoms with Gasteiger partial charge in [0.05, 0.1) is 5.69 Å². The first-order valence-corrected chi connectivity index (χ1v) is 10.5. The molecule has 162 valence electrons. The van der Waals surface area contributed by atoms with Crippen LogP contribution in [-0.2, 0) is 6.61 Å². The summed E-state index contributed by atoms with van der Waals surface area (Å²) in [5.74, 6) is 0.186. The molecule has 2 aromatic heterocycles. The zero-order valence-corrected chi connectivity index (χ0v) is 17.3. The Kier molecular flexibility index (Phi) is 4.48. The first kappa shape index (κ1) is 19.6. The molecule has 33 heavy (non-hydrogen) atoms. The van der Waals surface area contributed by atoms with E-state index < -0.39 is 6.10 Å². The number of aliphatic hydroxyl groups is 1. The number of rotatable bonds is 3. The average Bonchev–Trinajstić information content (AvgIpc) is 3.23. The highest BCUT2D eigenvalue weighted by molar-refractivity contribution is 5.96. The van der Waals surface area contributed by atoms with Crippen molar-refractivity contribution >= 4 is 11.0 Å². The van der Waals surface area contributed by atoms with Gasteiger partial charge in [-0.25, -0.2) is 8.78 Å². The van der Waals surface area contributed by atoms with Gasteiger partial charge in [-0.05, 0) is 48.0 Å². The Morgan fingerprint density at radius 1 is 0.909 bits per heavy atom. The second-order valence-electron chi connectivity index (χ2n) is 7.95. The van der Waals surface area contributed by atoms with E-state index in [1.54, 1.807) is 12.3 Å². The van der Waals surface area contributed by atoms with Crippen molar-refractivity contribution in [2.45, 2.75) is 12.7 Å². The van der Waals surface area contributed by atoms with E-state index in [1.165, 1.54) is 36.4 Å². The van der Waals surface area contributed by atoms with E-state index >= 15 is 0 Å². The molecule has 0 unspecified atom stereocenters. The lowest BCUT2D eigenvalue weighted by atomic mass is 9.95. The van der Waals surface area contributed by atoms with Crippen molar-refractivity contribution in [3.8, 4) is 28.1 Å². The van der Waals surface area contributed by atoms with Crippen LogP contribution in [-0.4, -0.2) is 10.1 Å². The van der Waals surface area contributed by atoms with Crippen LogP contribution in [0.15, 0.2) is 83.4 Å². The molecule has 1 N–H and O–H groups in total. The number of ether oxygens (including phenoxy) is 1. The molecule has 1 aliphatic rings. The first-order valence-electron chi connectivity index (χ1n) is 10.5. The number of pyridine rings is 1. The van der Waals surface area contributed by atoms with Gasteiger partial charge in [0.1, 0.15) is 41.4 Å². The van der Waals surface area contributed by atoms with Crippen molar-refractivity contribution < 1.29 is 23.0 Å². The smallest absolute Gasteiger partial charge is 0.146 e. The van der Waals surface area contributed by atoms with Gasteiger partial charge in [0.2, 0.25) is 0 Å². The Balaban J connectivity index is 1.52. The molecule has 3 aromatic carbocycles. The third kappa shape index (κ3) is 3.27. The van der Waals surface area contributed by atoms with E-state index in [0.717, 1.165) is 16.5 Å². The van der Waals surface area contributed by atoms with Crippen LogP contribution in [0.4, 0.5) is 8.78 Å². The van der Waals surface area contributed by atoms with Crippen LogP contribution < -0.4 is 4.74 Å². The summed E-state index contributed by atoms with van der Waals surface area (Å²) in [7, 11) is 0. The second kappa shape index (κ2) is 7.53. The van der Waals surface area contributed by atoms with Crippen molar-refractivity contribution in [2.75, 3.05) is 0 Å². The van der Waals surface area contributed by atoms with Gasteiger partial charge >= 0.3 is 0 Å². The molecule has 0 amide bonds. The number of halogens is 2. The zero-order chi connectivity index (χ0) is 22.5. The zero-order valence-electron chi connectivity index (χ0n) is 17.3. The van der Waals surface area contributed by atoms with Gasteiger partial charge in [-0.15, -0.1) is 0 Å². The van der Waals surface area contributed by atoms with Crippen LogP contribution in [0, 0.1) is 11.6 Å². The van der Waals surface area contributed by atoms with E-state index in [-0.39, 0.29) is 11.6 Å². The summed E-state index contributed by atoms with van der Waals surface area (Å²) in [6.07, 6.45) is 0.590. The quantitative estimate of drug-likeness (QED) is 0.351. The Hall–Kier alpha value is -4.03. The van der Waals surface area contributed by atoms with Gasteiger partial charge in [-0.1, -0.05) is 30.3 Å². The molecule has 6 rings (SSSR count). The van der Waals surface area contributed by atoms with Gasteiger partial charge in [-0.2, -0.15) is 0 Å². The number of nitrogens with zero attached hydrogens (tertiary/aromatic N) is 1. The molecular weight excluding hydrogens is 424 g/mol. The minimum Gasteiger partial charge on any atom is -0.488 e. The van der Waals surface area contributed by atoms with Crippen LogP contribution in [0.25, 0.3) is 33.4 Å². The normalized spacial score (nSPS) is 13.3. The highest BCUT2D eigenvalue weighted by atomic mass is 19.1. The Morgan fingerprint density at radius 3 is 2.55 bits per heavy atom. The SMILES string of the molecule is O[C@@H](c1ccc(F)cc1)c1oc2ccccc2c1-c1cnc2c(c1)COc1ccc(F)cc1-2. The molecule has 4 nitrogen and oxygen atoms in total. The van der Waals surface area contributed by atoms with Gasteiger partial charge < -0.3 is 14.3 Å². The van der Waals surface area contributed by atoms with E-state index in [2.05, 4.69) is 4.98 Å². The maximum absolute atomic E-state index is 13.8. The molecule has 0 saturated carbocycles. The maximum Gasteiger partial charge on any atom is 0.146 e. The third-order valence-electron chi connectivity index (χ3n) is 5.89. The summed E-state index contributed by atoms with van der Waals surface area (Å²) in [5.41, 5.74) is 4.62. The first-order chi connectivity index (χ1) is 16.1. The molecule has 1 atom stereocenters. The summed E-state index contributed by atoms with van der Waals surface area (Å²) < 4.78 is 39.1. The predicted octanol–water partition coefficient (Wildman–Crippen LogP) is 6.41. The summed E-state index contributed by atoms with van der Waals surface area (Å²) in [4.78, 5) is 4.63. The van der Waals surface area contributed by atoms with Crippen molar-refractivity contribution in [1.29, 1.82) is 0 Å². The summed E-state index contributed by atoms with van der Waals surface area (Å²) in [6.45, 7) is 0.292. The number of aromatic nitrogens is 1. The van der Waals surface area contributed by atoms with Crippen molar-refractivity contribution in [3.05, 3.63) is 108 Å². The molecule has 3 heterocycles. The maximum atomic E-state index is 13.8. The molecule has 0 saturated heterocycles. The van der Waals surface area contributed by atoms with E-state index in [0.29, 0.717) is 46.1 Å². The largest absolute Gasteiger partial charge is 0.488 e. The van der Waals surface area contributed by atoms with Crippen LogP contribution in [0.1, 0.15) is 23.0 Å². The van der Waals surface area contributed by atoms with Crippen LogP contribution in [0.5, 0.6) is 5.75 Å². The molecule has 1 aliphatic heterocycles. The van der Waals surface area contributed by atoms with Gasteiger partial charge in [0.25, 0.3) is 0 Å². The lowest BCUT2D eigenvalue weighted by molar-refractivity contribution is 0.193. The fraction of sp³-hybridized carbons (Fsp3) is 0.0741. The number of hydrogen-bond acceptors (Lipinski definition) is 4. The molecular formula is C27H17F2NO3.